The van der Waals surface area contributed by atoms with Crippen LogP contribution in [0, 0.1) is 11.8 Å². The first-order valence-corrected chi connectivity index (χ1v) is 8.91. The summed E-state index contributed by atoms with van der Waals surface area (Å²) in [5.41, 5.74) is 4.58. The molecule has 3 aliphatic rings. The van der Waals surface area contributed by atoms with Crippen LogP contribution in [0.15, 0.2) is 18.2 Å². The Kier molecular flexibility index (Phi) is 4.42. The molecule has 1 aromatic rings. The molecule has 3 N–H and O–H groups in total. The fraction of sp³-hybridized carbons (Fsp3) is 0.500. The van der Waals surface area contributed by atoms with E-state index in [1.807, 2.05) is 0 Å². The Morgan fingerprint density at radius 1 is 1.14 bits per heavy atom. The number of hydrogen-bond donors (Lipinski definition) is 2. The number of nitrogens with two attached hydrogens (primary N) is 1. The molecule has 3 heterocycles. The Labute approximate surface area is 158 Å². The fourth-order valence-corrected chi connectivity index (χ4v) is 4.32. The van der Waals surface area contributed by atoms with Gasteiger partial charge in [-0.2, -0.15) is 13.2 Å². The average Bonchev–Trinajstić information content (AvgIpc) is 3.30. The van der Waals surface area contributed by atoms with Crippen LogP contribution in [0.25, 0.3) is 0 Å². The van der Waals surface area contributed by atoms with Gasteiger partial charge in [0.25, 0.3) is 0 Å². The lowest BCUT2D eigenvalue weighted by Gasteiger charge is -2.18. The van der Waals surface area contributed by atoms with Crippen LogP contribution in [-0.4, -0.2) is 41.4 Å². The van der Waals surface area contributed by atoms with Gasteiger partial charge in [0.2, 0.25) is 17.7 Å². The molecule has 4 unspecified atom stereocenters. The maximum Gasteiger partial charge on any atom is 0.416 e. The van der Waals surface area contributed by atoms with Gasteiger partial charge in [0.05, 0.1) is 29.6 Å². The van der Waals surface area contributed by atoms with Gasteiger partial charge in [-0.05, 0) is 36.6 Å². The van der Waals surface area contributed by atoms with Gasteiger partial charge < -0.3 is 15.8 Å². The number of carbonyl (C=O) groups is 3. The summed E-state index contributed by atoms with van der Waals surface area (Å²) >= 11 is 0. The van der Waals surface area contributed by atoms with Crippen molar-refractivity contribution in [3.8, 4) is 0 Å². The van der Waals surface area contributed by atoms with Crippen LogP contribution in [-0.2, 0) is 31.8 Å². The molecule has 28 heavy (non-hydrogen) atoms. The third-order valence-electron chi connectivity index (χ3n) is 5.52. The Hall–Kier alpha value is -2.46. The van der Waals surface area contributed by atoms with E-state index in [9.17, 15) is 27.6 Å². The highest BCUT2D eigenvalue weighted by molar-refractivity contribution is 6.09. The van der Waals surface area contributed by atoms with Crippen molar-refractivity contribution in [3.63, 3.8) is 0 Å². The number of ether oxygens (including phenoxy) is 1. The fourth-order valence-electron chi connectivity index (χ4n) is 4.32. The van der Waals surface area contributed by atoms with Crippen molar-refractivity contribution in [2.45, 2.75) is 37.8 Å². The van der Waals surface area contributed by atoms with E-state index in [4.69, 9.17) is 10.5 Å². The van der Waals surface area contributed by atoms with Crippen molar-refractivity contribution in [2.75, 3.05) is 11.9 Å². The number of nitrogens with zero attached hydrogens (tertiary/aromatic N) is 1. The molecular formula is C18H18F3N3O4. The van der Waals surface area contributed by atoms with Crippen LogP contribution in [0.1, 0.15) is 24.0 Å². The van der Waals surface area contributed by atoms with Gasteiger partial charge in [0.15, 0.2) is 0 Å². The summed E-state index contributed by atoms with van der Waals surface area (Å²) in [7, 11) is 0. The Morgan fingerprint density at radius 3 is 2.29 bits per heavy atom. The van der Waals surface area contributed by atoms with Gasteiger partial charge in [0.1, 0.15) is 6.54 Å². The minimum atomic E-state index is -4.59. The molecule has 0 saturated carbocycles. The summed E-state index contributed by atoms with van der Waals surface area (Å²) in [5.74, 6) is -2.78. The molecule has 3 saturated heterocycles. The number of carbonyl (C=O) groups excluding carboxylic acids is 3. The number of fused-ring (bicyclic) bond motifs is 5. The molecule has 1 aromatic carbocycles. The van der Waals surface area contributed by atoms with Crippen molar-refractivity contribution in [1.29, 1.82) is 0 Å². The van der Waals surface area contributed by atoms with Crippen LogP contribution in [0.2, 0.25) is 0 Å². The monoisotopic (exact) mass is 397 g/mol. The van der Waals surface area contributed by atoms with E-state index in [0.29, 0.717) is 12.8 Å². The Bertz CT molecular complexity index is 829. The zero-order valence-corrected chi connectivity index (χ0v) is 14.7. The van der Waals surface area contributed by atoms with E-state index in [0.717, 1.165) is 17.0 Å². The van der Waals surface area contributed by atoms with Crippen LogP contribution < -0.4 is 11.1 Å². The molecule has 0 radical (unpaired) electrons. The first-order chi connectivity index (χ1) is 13.2. The number of anilines is 1. The summed E-state index contributed by atoms with van der Waals surface area (Å²) in [6, 6.07) is 3.01. The summed E-state index contributed by atoms with van der Waals surface area (Å²) < 4.78 is 44.6. The van der Waals surface area contributed by atoms with Crippen molar-refractivity contribution in [2.24, 2.45) is 17.6 Å². The second kappa shape index (κ2) is 6.56. The molecule has 0 aromatic heterocycles. The molecule has 3 aliphatic heterocycles. The third kappa shape index (κ3) is 3.06. The highest BCUT2D eigenvalue weighted by Crippen LogP contribution is 2.48. The molecule has 3 fully saturated rings. The molecule has 0 spiro atoms. The minimum absolute atomic E-state index is 0.0945. The maximum absolute atomic E-state index is 13.0. The van der Waals surface area contributed by atoms with Gasteiger partial charge in [0, 0.05) is 12.2 Å². The van der Waals surface area contributed by atoms with Crippen LogP contribution >= 0.6 is 0 Å². The number of amides is 3. The number of imide groups is 1. The lowest BCUT2D eigenvalue weighted by atomic mass is 9.81. The summed E-state index contributed by atoms with van der Waals surface area (Å²) in [6.45, 7) is -0.680. The highest BCUT2D eigenvalue weighted by atomic mass is 19.4. The molecule has 4 atom stereocenters. The second-order valence-electron chi connectivity index (χ2n) is 7.27. The smallest absolute Gasteiger partial charge is 0.373 e. The highest BCUT2D eigenvalue weighted by Gasteiger charge is 2.62. The molecule has 10 heteroatoms. The summed E-state index contributed by atoms with van der Waals surface area (Å²) in [6.07, 6.45) is -3.78. The summed E-state index contributed by atoms with van der Waals surface area (Å²) in [5, 5.41) is 2.33. The number of hydrogen-bond acceptors (Lipinski definition) is 5. The van der Waals surface area contributed by atoms with Gasteiger partial charge in [-0.1, -0.05) is 0 Å². The minimum Gasteiger partial charge on any atom is -0.373 e. The predicted molar refractivity (Wildman–Crippen MR) is 89.6 cm³/mol. The van der Waals surface area contributed by atoms with E-state index in [-0.39, 0.29) is 30.0 Å². The van der Waals surface area contributed by atoms with Crippen molar-refractivity contribution >= 4 is 23.4 Å². The van der Waals surface area contributed by atoms with Crippen LogP contribution in [0.3, 0.4) is 0 Å². The molecule has 7 nitrogen and oxygen atoms in total. The molecule has 2 bridgehead atoms. The predicted octanol–water partition coefficient (Wildman–Crippen LogP) is 1.27. The van der Waals surface area contributed by atoms with Crippen molar-refractivity contribution in [1.82, 2.24) is 4.90 Å². The van der Waals surface area contributed by atoms with E-state index >= 15 is 0 Å². The Morgan fingerprint density at radius 2 is 1.75 bits per heavy atom. The first-order valence-electron chi connectivity index (χ1n) is 8.91. The number of halogens is 3. The van der Waals surface area contributed by atoms with Crippen LogP contribution in [0.5, 0.6) is 0 Å². The average molecular weight is 397 g/mol. The molecule has 3 amide bonds. The second-order valence-corrected chi connectivity index (χ2v) is 7.27. The number of likely N-dealkylation sites (tertiary alicyclic amines) is 1. The lowest BCUT2D eigenvalue weighted by molar-refractivity contribution is -0.145. The third-order valence-corrected chi connectivity index (χ3v) is 5.52. The number of rotatable bonds is 4. The zero-order valence-electron chi connectivity index (χ0n) is 14.7. The zero-order chi connectivity index (χ0) is 20.2. The van der Waals surface area contributed by atoms with Gasteiger partial charge >= 0.3 is 6.18 Å². The largest absolute Gasteiger partial charge is 0.416 e. The Balaban J connectivity index is 1.48. The van der Waals surface area contributed by atoms with E-state index in [2.05, 4.69) is 5.32 Å². The van der Waals surface area contributed by atoms with E-state index in [1.54, 1.807) is 0 Å². The topological polar surface area (TPSA) is 102 Å². The molecule has 0 aliphatic carbocycles. The maximum atomic E-state index is 13.0. The SMILES string of the molecule is NCc1cc(NC(=O)CN2C(=O)C3C4CCC(O4)C3C2=O)cc(C(F)(F)F)c1. The van der Waals surface area contributed by atoms with Gasteiger partial charge in [-0.3, -0.25) is 19.3 Å². The van der Waals surface area contributed by atoms with Crippen molar-refractivity contribution < 1.29 is 32.3 Å². The first kappa shape index (κ1) is 18.9. The quantitative estimate of drug-likeness (QED) is 0.745. The van der Waals surface area contributed by atoms with Crippen molar-refractivity contribution in [3.05, 3.63) is 29.3 Å². The number of alkyl halides is 3. The van der Waals surface area contributed by atoms with Crippen LogP contribution in [0.4, 0.5) is 18.9 Å². The lowest BCUT2D eigenvalue weighted by Crippen LogP contribution is -2.40. The standard InChI is InChI=1S/C18H18F3N3O4/c19-18(20,21)9-3-8(6-22)4-10(5-9)23-13(25)7-24-16(26)14-11-1-2-12(28-11)15(14)17(24)27/h3-5,11-12,14-15H,1-2,6-7,22H2,(H,23,25). The normalized spacial score (nSPS) is 28.8. The van der Waals surface area contributed by atoms with Gasteiger partial charge in [-0.15, -0.1) is 0 Å². The molecule has 4 rings (SSSR count). The number of benzene rings is 1. The molecule has 150 valence electrons. The number of nitrogens with one attached hydrogen (secondary N) is 1. The molecular weight excluding hydrogens is 379 g/mol. The van der Waals surface area contributed by atoms with Gasteiger partial charge in [-0.25, -0.2) is 0 Å². The summed E-state index contributed by atoms with van der Waals surface area (Å²) in [4.78, 5) is 38.3. The van der Waals surface area contributed by atoms with E-state index in [1.165, 1.54) is 6.07 Å². The van der Waals surface area contributed by atoms with E-state index < -0.39 is 47.8 Å².